The van der Waals surface area contributed by atoms with E-state index in [1.165, 1.54) is 0 Å². The molecule has 7 heteroatoms. The summed E-state index contributed by atoms with van der Waals surface area (Å²) in [6, 6.07) is 6.01. The van der Waals surface area contributed by atoms with Crippen molar-refractivity contribution in [3.63, 3.8) is 0 Å². The molecule has 0 N–H and O–H groups in total. The van der Waals surface area contributed by atoms with Gasteiger partial charge in [-0.25, -0.2) is 9.50 Å². The maximum atomic E-state index is 5.71. The lowest BCUT2D eigenvalue weighted by molar-refractivity contribution is 0.297. The zero-order chi connectivity index (χ0) is 14.2. The summed E-state index contributed by atoms with van der Waals surface area (Å²) in [5.41, 5.74) is 0.987. The standard InChI is InChI=1S/C14H13N3O2S2/c1-9-8-17-13(15-9)21-14(16-17)20-10-3-4-11-12(7-10)19-6-2-5-18-11/h3-4,7-8H,2,5-6H2,1H3. The Labute approximate surface area is 129 Å². The van der Waals surface area contributed by atoms with E-state index in [0.717, 1.165) is 37.8 Å². The second-order valence-electron chi connectivity index (χ2n) is 4.74. The maximum Gasteiger partial charge on any atom is 0.213 e. The third kappa shape index (κ3) is 2.58. The highest BCUT2D eigenvalue weighted by Crippen LogP contribution is 2.37. The van der Waals surface area contributed by atoms with Gasteiger partial charge in [0, 0.05) is 11.3 Å². The average molecular weight is 319 g/mol. The molecule has 3 heterocycles. The van der Waals surface area contributed by atoms with Crippen LogP contribution in [0.4, 0.5) is 0 Å². The zero-order valence-corrected chi connectivity index (χ0v) is 13.0. The van der Waals surface area contributed by atoms with Gasteiger partial charge < -0.3 is 9.47 Å². The third-order valence-electron chi connectivity index (χ3n) is 3.07. The predicted molar refractivity (Wildman–Crippen MR) is 81.8 cm³/mol. The Balaban J connectivity index is 1.61. The SMILES string of the molecule is Cc1cn2nc(Sc3ccc4c(c3)OCCCO4)sc2n1. The van der Waals surface area contributed by atoms with Crippen LogP contribution in [0.15, 0.2) is 33.6 Å². The molecule has 0 atom stereocenters. The molecule has 0 amide bonds. The first-order valence-corrected chi connectivity index (χ1v) is 8.31. The molecule has 21 heavy (non-hydrogen) atoms. The van der Waals surface area contributed by atoms with Gasteiger partial charge >= 0.3 is 0 Å². The van der Waals surface area contributed by atoms with Crippen LogP contribution in [0, 0.1) is 6.92 Å². The first kappa shape index (κ1) is 13.0. The van der Waals surface area contributed by atoms with Crippen LogP contribution in [0.3, 0.4) is 0 Å². The molecule has 5 nitrogen and oxygen atoms in total. The van der Waals surface area contributed by atoms with Crippen LogP contribution >= 0.6 is 23.1 Å². The highest BCUT2D eigenvalue weighted by atomic mass is 32.2. The Bertz CT molecular complexity index is 765. The van der Waals surface area contributed by atoms with Gasteiger partial charge in [-0.3, -0.25) is 0 Å². The van der Waals surface area contributed by atoms with Crippen molar-refractivity contribution in [3.8, 4) is 11.5 Å². The smallest absolute Gasteiger partial charge is 0.213 e. The summed E-state index contributed by atoms with van der Waals surface area (Å²) in [4.78, 5) is 6.43. The monoisotopic (exact) mass is 319 g/mol. The van der Waals surface area contributed by atoms with Crippen LogP contribution < -0.4 is 9.47 Å². The lowest BCUT2D eigenvalue weighted by Crippen LogP contribution is -1.97. The number of hydrogen-bond acceptors (Lipinski definition) is 6. The molecule has 1 aliphatic rings. The molecule has 1 aliphatic heterocycles. The Morgan fingerprint density at radius 3 is 2.95 bits per heavy atom. The fraction of sp³-hybridized carbons (Fsp3) is 0.286. The van der Waals surface area contributed by atoms with Crippen molar-refractivity contribution in [1.82, 2.24) is 14.6 Å². The number of ether oxygens (including phenoxy) is 2. The molecular weight excluding hydrogens is 306 g/mol. The minimum atomic E-state index is 0.700. The molecule has 0 bridgehead atoms. The van der Waals surface area contributed by atoms with Crippen molar-refractivity contribution < 1.29 is 9.47 Å². The van der Waals surface area contributed by atoms with E-state index in [1.807, 2.05) is 35.8 Å². The van der Waals surface area contributed by atoms with E-state index >= 15 is 0 Å². The summed E-state index contributed by atoms with van der Waals surface area (Å²) in [6.07, 6.45) is 2.85. The van der Waals surface area contributed by atoms with Gasteiger partial charge in [0.2, 0.25) is 4.96 Å². The largest absolute Gasteiger partial charge is 0.490 e. The molecule has 0 saturated heterocycles. The number of fused-ring (bicyclic) bond motifs is 2. The second kappa shape index (κ2) is 5.23. The van der Waals surface area contributed by atoms with E-state index in [1.54, 1.807) is 23.1 Å². The van der Waals surface area contributed by atoms with Gasteiger partial charge in [0.25, 0.3) is 0 Å². The Morgan fingerprint density at radius 1 is 1.24 bits per heavy atom. The predicted octanol–water partition coefficient (Wildman–Crippen LogP) is 3.41. The fourth-order valence-corrected chi connectivity index (χ4v) is 4.11. The zero-order valence-electron chi connectivity index (χ0n) is 11.4. The van der Waals surface area contributed by atoms with Gasteiger partial charge in [0.15, 0.2) is 15.8 Å². The van der Waals surface area contributed by atoms with Crippen molar-refractivity contribution in [2.45, 2.75) is 22.6 Å². The van der Waals surface area contributed by atoms with Gasteiger partial charge in [0.05, 0.1) is 25.1 Å². The molecule has 0 radical (unpaired) electrons. The molecule has 3 aromatic rings. The van der Waals surface area contributed by atoms with Crippen molar-refractivity contribution in [1.29, 1.82) is 0 Å². The van der Waals surface area contributed by atoms with Crippen LogP contribution in [0.25, 0.3) is 4.96 Å². The second-order valence-corrected chi connectivity index (χ2v) is 7.02. The molecule has 0 aliphatic carbocycles. The van der Waals surface area contributed by atoms with Gasteiger partial charge in [0.1, 0.15) is 0 Å². The Morgan fingerprint density at radius 2 is 2.10 bits per heavy atom. The number of nitrogens with zero attached hydrogens (tertiary/aromatic N) is 3. The van der Waals surface area contributed by atoms with Crippen molar-refractivity contribution in [3.05, 3.63) is 30.1 Å². The molecule has 1 aromatic carbocycles. The van der Waals surface area contributed by atoms with Gasteiger partial charge in [-0.2, -0.15) is 0 Å². The highest BCUT2D eigenvalue weighted by molar-refractivity contribution is 8.01. The lowest BCUT2D eigenvalue weighted by Gasteiger charge is -2.08. The first-order chi connectivity index (χ1) is 10.3. The van der Waals surface area contributed by atoms with E-state index in [0.29, 0.717) is 13.2 Å². The molecule has 108 valence electrons. The summed E-state index contributed by atoms with van der Waals surface area (Å²) >= 11 is 3.20. The Kier molecular flexibility index (Phi) is 3.23. The topological polar surface area (TPSA) is 48.7 Å². The normalized spacial score (nSPS) is 14.3. The molecule has 4 rings (SSSR count). The van der Waals surface area contributed by atoms with Crippen molar-refractivity contribution in [2.24, 2.45) is 0 Å². The van der Waals surface area contributed by atoms with Gasteiger partial charge in [-0.15, -0.1) is 5.10 Å². The molecular formula is C14H13N3O2S2. The molecule has 0 unspecified atom stereocenters. The van der Waals surface area contributed by atoms with E-state index in [4.69, 9.17) is 9.47 Å². The number of aryl methyl sites for hydroxylation is 1. The highest BCUT2D eigenvalue weighted by Gasteiger charge is 2.13. The lowest BCUT2D eigenvalue weighted by atomic mass is 10.3. The molecule has 0 spiro atoms. The summed E-state index contributed by atoms with van der Waals surface area (Å²) in [5.74, 6) is 1.64. The first-order valence-electron chi connectivity index (χ1n) is 6.68. The number of rotatable bonds is 2. The summed E-state index contributed by atoms with van der Waals surface area (Å²) in [6.45, 7) is 3.38. The van der Waals surface area contributed by atoms with E-state index < -0.39 is 0 Å². The molecule has 2 aromatic heterocycles. The minimum absolute atomic E-state index is 0.700. The van der Waals surface area contributed by atoms with Crippen LogP contribution in [0.5, 0.6) is 11.5 Å². The molecule has 0 fully saturated rings. The minimum Gasteiger partial charge on any atom is -0.490 e. The van der Waals surface area contributed by atoms with Crippen LogP contribution in [-0.4, -0.2) is 27.8 Å². The van der Waals surface area contributed by atoms with Crippen molar-refractivity contribution in [2.75, 3.05) is 13.2 Å². The molecule has 0 saturated carbocycles. The van der Waals surface area contributed by atoms with E-state index in [-0.39, 0.29) is 0 Å². The van der Waals surface area contributed by atoms with Crippen LogP contribution in [0.2, 0.25) is 0 Å². The third-order valence-corrected chi connectivity index (χ3v) is 5.03. The average Bonchev–Trinajstić information content (AvgIpc) is 2.87. The van der Waals surface area contributed by atoms with Crippen molar-refractivity contribution >= 4 is 28.1 Å². The van der Waals surface area contributed by atoms with Crippen LogP contribution in [0.1, 0.15) is 12.1 Å². The quantitative estimate of drug-likeness (QED) is 0.724. The Hall–Kier alpha value is -1.73. The summed E-state index contributed by atoms with van der Waals surface area (Å²) in [5, 5.41) is 4.52. The fourth-order valence-electron chi connectivity index (χ4n) is 2.14. The maximum absolute atomic E-state index is 5.71. The number of imidazole rings is 1. The van der Waals surface area contributed by atoms with Gasteiger partial charge in [-0.05, 0) is 25.1 Å². The summed E-state index contributed by atoms with van der Waals surface area (Å²) < 4.78 is 14.1. The number of benzene rings is 1. The number of hydrogen-bond donors (Lipinski definition) is 0. The summed E-state index contributed by atoms with van der Waals surface area (Å²) in [7, 11) is 0. The number of aromatic nitrogens is 3. The van der Waals surface area contributed by atoms with E-state index in [2.05, 4.69) is 10.1 Å². The van der Waals surface area contributed by atoms with E-state index in [9.17, 15) is 0 Å². The van der Waals surface area contributed by atoms with Gasteiger partial charge in [-0.1, -0.05) is 23.1 Å². The van der Waals surface area contributed by atoms with Crippen LogP contribution in [-0.2, 0) is 0 Å².